The first-order chi connectivity index (χ1) is 9.17. The molecule has 102 valence electrons. The summed E-state index contributed by atoms with van der Waals surface area (Å²) in [4.78, 5) is 11.7. The Hall–Kier alpha value is -2.23. The predicted molar refractivity (Wildman–Crippen MR) is 73.2 cm³/mol. The van der Waals surface area contributed by atoms with Gasteiger partial charge in [0, 0.05) is 0 Å². The number of esters is 1. The zero-order valence-electron chi connectivity index (χ0n) is 11.0. The van der Waals surface area contributed by atoms with Crippen LogP contribution in [0, 0.1) is 0 Å². The first kappa shape index (κ1) is 14.8. The lowest BCUT2D eigenvalue weighted by atomic mass is 10.2. The van der Waals surface area contributed by atoms with Crippen molar-refractivity contribution in [3.8, 4) is 5.75 Å². The van der Waals surface area contributed by atoms with Gasteiger partial charge in [0.25, 0.3) is 0 Å². The van der Waals surface area contributed by atoms with Crippen LogP contribution in [0.2, 0.25) is 0 Å². The van der Waals surface area contributed by atoms with E-state index in [0.29, 0.717) is 24.5 Å². The summed E-state index contributed by atoms with van der Waals surface area (Å²) in [6, 6.07) is 6.73. The smallest absolute Gasteiger partial charge is 0.338 e. The minimum absolute atomic E-state index is 0.306. The third kappa shape index (κ3) is 5.29. The monoisotopic (exact) mass is 262 g/mol. The van der Waals surface area contributed by atoms with Crippen LogP contribution in [0.1, 0.15) is 17.3 Å². The molecular weight excluding hydrogens is 244 g/mol. The van der Waals surface area contributed by atoms with Crippen LogP contribution in [-0.4, -0.2) is 25.3 Å². The molecule has 0 saturated carbocycles. The van der Waals surface area contributed by atoms with Crippen molar-refractivity contribution in [3.05, 3.63) is 55.3 Å². The number of hydrogen-bond acceptors (Lipinski definition) is 4. The molecule has 0 aliphatic rings. The van der Waals surface area contributed by atoms with E-state index in [1.165, 1.54) is 6.26 Å². The van der Waals surface area contributed by atoms with Crippen molar-refractivity contribution in [2.45, 2.75) is 13.0 Å². The SMILES string of the molecule is C=COCCOc1ccc(C(=O)OC(C)C=C)cc1. The summed E-state index contributed by atoms with van der Waals surface area (Å²) in [5.74, 6) is 0.287. The Bertz CT molecular complexity index is 422. The highest BCUT2D eigenvalue weighted by atomic mass is 16.5. The van der Waals surface area contributed by atoms with E-state index < -0.39 is 0 Å². The molecule has 4 nitrogen and oxygen atoms in total. The molecule has 19 heavy (non-hydrogen) atoms. The third-order valence-electron chi connectivity index (χ3n) is 2.30. The second kappa shape index (κ2) is 7.97. The quantitative estimate of drug-likeness (QED) is 0.313. The van der Waals surface area contributed by atoms with Gasteiger partial charge in [0.1, 0.15) is 25.1 Å². The summed E-state index contributed by atoms with van der Waals surface area (Å²) in [6.45, 7) is 9.59. The molecule has 0 spiro atoms. The highest BCUT2D eigenvalue weighted by Gasteiger charge is 2.09. The maximum atomic E-state index is 11.7. The van der Waals surface area contributed by atoms with E-state index in [0.717, 1.165) is 0 Å². The molecule has 0 bridgehead atoms. The Balaban J connectivity index is 2.48. The topological polar surface area (TPSA) is 44.8 Å². The number of carbonyl (C=O) groups excluding carboxylic acids is 1. The Morgan fingerprint density at radius 3 is 2.53 bits per heavy atom. The Morgan fingerprint density at radius 2 is 1.95 bits per heavy atom. The van der Waals surface area contributed by atoms with Crippen LogP contribution in [0.15, 0.2) is 49.8 Å². The molecule has 1 aromatic carbocycles. The van der Waals surface area contributed by atoms with E-state index in [1.54, 1.807) is 37.3 Å². The molecule has 0 radical (unpaired) electrons. The summed E-state index contributed by atoms with van der Waals surface area (Å²) >= 11 is 0. The van der Waals surface area contributed by atoms with Gasteiger partial charge in [-0.15, -0.1) is 0 Å². The molecule has 0 fully saturated rings. The molecule has 0 amide bonds. The maximum absolute atomic E-state index is 11.7. The largest absolute Gasteiger partial charge is 0.498 e. The van der Waals surface area contributed by atoms with Crippen LogP contribution in [0.4, 0.5) is 0 Å². The van der Waals surface area contributed by atoms with Crippen molar-refractivity contribution in [3.63, 3.8) is 0 Å². The molecule has 1 atom stereocenters. The van der Waals surface area contributed by atoms with Gasteiger partial charge in [0.2, 0.25) is 0 Å². The molecular formula is C15H18O4. The van der Waals surface area contributed by atoms with Gasteiger partial charge < -0.3 is 14.2 Å². The molecule has 0 saturated heterocycles. The normalized spacial score (nSPS) is 11.2. The average Bonchev–Trinajstić information content (AvgIpc) is 2.44. The molecule has 1 unspecified atom stereocenters. The van der Waals surface area contributed by atoms with Gasteiger partial charge in [-0.3, -0.25) is 0 Å². The van der Waals surface area contributed by atoms with E-state index in [2.05, 4.69) is 13.2 Å². The zero-order chi connectivity index (χ0) is 14.1. The van der Waals surface area contributed by atoms with Crippen LogP contribution < -0.4 is 4.74 Å². The number of hydrogen-bond donors (Lipinski definition) is 0. The number of ether oxygens (including phenoxy) is 3. The zero-order valence-corrected chi connectivity index (χ0v) is 11.0. The van der Waals surface area contributed by atoms with Crippen molar-refractivity contribution < 1.29 is 19.0 Å². The van der Waals surface area contributed by atoms with Crippen LogP contribution in [0.25, 0.3) is 0 Å². The van der Waals surface area contributed by atoms with Crippen molar-refractivity contribution in [1.29, 1.82) is 0 Å². The second-order valence-corrected chi connectivity index (χ2v) is 3.76. The standard InChI is InChI=1S/C15H18O4/c1-4-12(3)19-15(16)13-6-8-14(9-7-13)18-11-10-17-5-2/h4-9,12H,1-2,10-11H2,3H3. The molecule has 0 heterocycles. The van der Waals surface area contributed by atoms with Gasteiger partial charge in [-0.25, -0.2) is 4.79 Å². The minimum Gasteiger partial charge on any atom is -0.498 e. The Labute approximate surface area is 113 Å². The summed E-state index contributed by atoms with van der Waals surface area (Å²) in [5, 5.41) is 0. The molecule has 0 aliphatic heterocycles. The van der Waals surface area contributed by atoms with Gasteiger partial charge in [0.15, 0.2) is 0 Å². The number of benzene rings is 1. The van der Waals surface area contributed by atoms with Crippen molar-refractivity contribution in [2.24, 2.45) is 0 Å². The first-order valence-corrected chi connectivity index (χ1v) is 5.96. The maximum Gasteiger partial charge on any atom is 0.338 e. The van der Waals surface area contributed by atoms with Gasteiger partial charge >= 0.3 is 5.97 Å². The lowest BCUT2D eigenvalue weighted by Crippen LogP contribution is -2.12. The first-order valence-electron chi connectivity index (χ1n) is 5.96. The van der Waals surface area contributed by atoms with E-state index in [4.69, 9.17) is 14.2 Å². The fraction of sp³-hybridized carbons (Fsp3) is 0.267. The van der Waals surface area contributed by atoms with Gasteiger partial charge in [0.05, 0.1) is 11.8 Å². The van der Waals surface area contributed by atoms with Crippen LogP contribution in [-0.2, 0) is 9.47 Å². The molecule has 0 N–H and O–H groups in total. The number of carbonyl (C=O) groups is 1. The molecule has 4 heteroatoms. The summed E-state index contributed by atoms with van der Waals surface area (Å²) < 4.78 is 15.4. The lowest BCUT2D eigenvalue weighted by molar-refractivity contribution is 0.0425. The molecule has 1 rings (SSSR count). The highest BCUT2D eigenvalue weighted by Crippen LogP contribution is 2.13. The Morgan fingerprint density at radius 1 is 1.26 bits per heavy atom. The predicted octanol–water partition coefficient (Wildman–Crippen LogP) is 2.96. The molecule has 1 aromatic rings. The Kier molecular flexibility index (Phi) is 6.22. The van der Waals surface area contributed by atoms with Crippen LogP contribution in [0.3, 0.4) is 0 Å². The van der Waals surface area contributed by atoms with Crippen molar-refractivity contribution >= 4 is 5.97 Å². The van der Waals surface area contributed by atoms with Gasteiger partial charge in [-0.2, -0.15) is 0 Å². The van der Waals surface area contributed by atoms with Gasteiger partial charge in [-0.05, 0) is 31.2 Å². The summed E-state index contributed by atoms with van der Waals surface area (Å²) in [5.41, 5.74) is 0.475. The molecule has 0 aliphatic carbocycles. The lowest BCUT2D eigenvalue weighted by Gasteiger charge is -2.09. The number of rotatable bonds is 8. The average molecular weight is 262 g/mol. The summed E-state index contributed by atoms with van der Waals surface area (Å²) in [7, 11) is 0. The van der Waals surface area contributed by atoms with Crippen molar-refractivity contribution in [1.82, 2.24) is 0 Å². The summed E-state index contributed by atoms with van der Waals surface area (Å²) in [6.07, 6.45) is 2.62. The second-order valence-electron chi connectivity index (χ2n) is 3.76. The van der Waals surface area contributed by atoms with E-state index in [-0.39, 0.29) is 12.1 Å². The fourth-order valence-corrected chi connectivity index (χ4v) is 1.26. The van der Waals surface area contributed by atoms with E-state index in [1.807, 2.05) is 0 Å². The highest BCUT2D eigenvalue weighted by molar-refractivity contribution is 5.89. The van der Waals surface area contributed by atoms with Crippen LogP contribution >= 0.6 is 0 Å². The van der Waals surface area contributed by atoms with E-state index in [9.17, 15) is 4.79 Å². The van der Waals surface area contributed by atoms with Crippen molar-refractivity contribution in [2.75, 3.05) is 13.2 Å². The van der Waals surface area contributed by atoms with Gasteiger partial charge in [-0.1, -0.05) is 19.2 Å². The molecule has 0 aromatic heterocycles. The minimum atomic E-state index is -0.381. The fourth-order valence-electron chi connectivity index (χ4n) is 1.26. The van der Waals surface area contributed by atoms with E-state index >= 15 is 0 Å². The van der Waals surface area contributed by atoms with Crippen LogP contribution in [0.5, 0.6) is 5.75 Å². The third-order valence-corrected chi connectivity index (χ3v) is 2.30.